The standard InChI is InChI=1S/C28H45NO2Si2/c1-11-26(31-32(9,10)27(2,3)4)25(29-8)22-30-33(28(5,6)7,23-18-14-12-15-19-23)24-20-16-13-17-21-24/h11-21,25-26,29H,1,22H2,2-10H3/t25-,26+/m1/s1. The van der Waals surface area contributed by atoms with Crippen LogP contribution in [0.5, 0.6) is 0 Å². The molecule has 2 aromatic rings. The number of nitrogens with one attached hydrogen (secondary N) is 1. The highest BCUT2D eigenvalue weighted by atomic mass is 28.4. The fourth-order valence-electron chi connectivity index (χ4n) is 4.13. The maximum absolute atomic E-state index is 7.17. The van der Waals surface area contributed by atoms with Gasteiger partial charge in [0.2, 0.25) is 0 Å². The smallest absolute Gasteiger partial charge is 0.261 e. The molecule has 0 spiro atoms. The van der Waals surface area contributed by atoms with E-state index in [1.807, 2.05) is 13.1 Å². The fraction of sp³-hybridized carbons (Fsp3) is 0.500. The molecule has 2 aromatic carbocycles. The molecular formula is C28H45NO2Si2. The van der Waals surface area contributed by atoms with E-state index in [0.717, 1.165) is 0 Å². The third kappa shape index (κ3) is 6.14. The third-order valence-electron chi connectivity index (χ3n) is 7.13. The average molecular weight is 484 g/mol. The van der Waals surface area contributed by atoms with Gasteiger partial charge in [-0.15, -0.1) is 6.58 Å². The van der Waals surface area contributed by atoms with Gasteiger partial charge in [0, 0.05) is 0 Å². The molecule has 0 amide bonds. The zero-order valence-electron chi connectivity index (χ0n) is 22.2. The van der Waals surface area contributed by atoms with Crippen molar-refractivity contribution >= 4 is 27.0 Å². The minimum absolute atomic E-state index is 0.0123. The number of likely N-dealkylation sites (N-methyl/N-ethyl adjacent to an activating group) is 1. The molecule has 3 nitrogen and oxygen atoms in total. The van der Waals surface area contributed by atoms with Crippen molar-refractivity contribution in [3.63, 3.8) is 0 Å². The largest absolute Gasteiger partial charge is 0.409 e. The summed E-state index contributed by atoms with van der Waals surface area (Å²) in [4.78, 5) is 0. The lowest BCUT2D eigenvalue weighted by Gasteiger charge is -2.45. The second-order valence-electron chi connectivity index (χ2n) is 11.4. The van der Waals surface area contributed by atoms with Gasteiger partial charge in [0.05, 0.1) is 18.8 Å². The van der Waals surface area contributed by atoms with Crippen molar-refractivity contribution in [1.29, 1.82) is 0 Å². The van der Waals surface area contributed by atoms with Crippen molar-refractivity contribution in [2.45, 2.75) is 76.9 Å². The predicted molar refractivity (Wildman–Crippen MR) is 149 cm³/mol. The van der Waals surface area contributed by atoms with Gasteiger partial charge in [-0.2, -0.15) is 0 Å². The van der Waals surface area contributed by atoms with Gasteiger partial charge in [-0.1, -0.05) is 108 Å². The summed E-state index contributed by atoms with van der Waals surface area (Å²) in [7, 11) is -2.57. The summed E-state index contributed by atoms with van der Waals surface area (Å²) in [6, 6.07) is 21.6. The molecule has 2 atom stereocenters. The van der Waals surface area contributed by atoms with Gasteiger partial charge in [0.15, 0.2) is 8.32 Å². The van der Waals surface area contributed by atoms with Crippen LogP contribution in [0.1, 0.15) is 41.5 Å². The van der Waals surface area contributed by atoms with Gasteiger partial charge in [-0.3, -0.25) is 0 Å². The van der Waals surface area contributed by atoms with E-state index in [1.165, 1.54) is 10.4 Å². The molecule has 0 aliphatic rings. The first-order chi connectivity index (χ1) is 15.3. The molecule has 182 valence electrons. The Kier molecular flexibility index (Phi) is 9.10. The predicted octanol–water partition coefficient (Wildman–Crippen LogP) is 5.73. The van der Waals surface area contributed by atoms with Crippen molar-refractivity contribution in [3.05, 3.63) is 73.3 Å². The number of hydrogen-bond donors (Lipinski definition) is 1. The average Bonchev–Trinajstić information content (AvgIpc) is 2.75. The molecule has 5 heteroatoms. The Morgan fingerprint density at radius 2 is 1.30 bits per heavy atom. The fourth-order valence-corrected chi connectivity index (χ4v) is 10.0. The Morgan fingerprint density at radius 1 is 0.848 bits per heavy atom. The number of benzene rings is 2. The Bertz CT molecular complexity index is 831. The van der Waals surface area contributed by atoms with Gasteiger partial charge in [0.1, 0.15) is 0 Å². The van der Waals surface area contributed by atoms with Crippen LogP contribution in [-0.4, -0.2) is 42.4 Å². The minimum atomic E-state index is -2.60. The van der Waals surface area contributed by atoms with E-state index in [4.69, 9.17) is 8.85 Å². The lowest BCUT2D eigenvalue weighted by atomic mass is 10.2. The summed E-state index contributed by atoms with van der Waals surface area (Å²) < 4.78 is 13.9. The van der Waals surface area contributed by atoms with Crippen LogP contribution in [0.2, 0.25) is 23.2 Å². The van der Waals surface area contributed by atoms with Crippen LogP contribution < -0.4 is 15.7 Å². The molecule has 0 saturated heterocycles. The van der Waals surface area contributed by atoms with E-state index in [1.54, 1.807) is 0 Å². The van der Waals surface area contributed by atoms with Crippen LogP contribution in [0, 0.1) is 0 Å². The lowest BCUT2D eigenvalue weighted by molar-refractivity contribution is 0.138. The molecule has 0 aromatic heterocycles. The summed E-state index contributed by atoms with van der Waals surface area (Å²) in [5, 5.41) is 6.13. The van der Waals surface area contributed by atoms with E-state index < -0.39 is 16.6 Å². The van der Waals surface area contributed by atoms with Crippen molar-refractivity contribution in [2.75, 3.05) is 13.7 Å². The molecule has 0 fully saturated rings. The molecule has 0 saturated carbocycles. The zero-order valence-corrected chi connectivity index (χ0v) is 24.2. The molecule has 0 unspecified atom stereocenters. The van der Waals surface area contributed by atoms with Crippen LogP contribution in [0.25, 0.3) is 0 Å². The van der Waals surface area contributed by atoms with Crippen LogP contribution in [0.15, 0.2) is 73.3 Å². The van der Waals surface area contributed by atoms with E-state index in [9.17, 15) is 0 Å². The van der Waals surface area contributed by atoms with Crippen molar-refractivity contribution < 1.29 is 8.85 Å². The first-order valence-corrected chi connectivity index (χ1v) is 16.8. The second kappa shape index (κ2) is 10.8. The Hall–Kier alpha value is -1.51. The van der Waals surface area contributed by atoms with Gasteiger partial charge >= 0.3 is 0 Å². The summed E-state index contributed by atoms with van der Waals surface area (Å²) in [5.74, 6) is 0. The van der Waals surface area contributed by atoms with E-state index in [0.29, 0.717) is 6.61 Å². The van der Waals surface area contributed by atoms with Crippen molar-refractivity contribution in [2.24, 2.45) is 0 Å². The van der Waals surface area contributed by atoms with Gasteiger partial charge in [-0.05, 0) is 40.6 Å². The summed E-state index contributed by atoms with van der Waals surface area (Å²) >= 11 is 0. The molecule has 33 heavy (non-hydrogen) atoms. The number of rotatable bonds is 10. The summed E-state index contributed by atoms with van der Waals surface area (Å²) in [5.41, 5.74) is 0. The monoisotopic (exact) mass is 483 g/mol. The van der Waals surface area contributed by atoms with Crippen molar-refractivity contribution in [3.8, 4) is 0 Å². The first-order valence-electron chi connectivity index (χ1n) is 12.0. The van der Waals surface area contributed by atoms with Gasteiger partial charge < -0.3 is 14.2 Å². The molecule has 0 radical (unpaired) electrons. The SMILES string of the molecule is C=C[C@H](O[Si](C)(C)C(C)(C)C)[C@@H](CO[Si](c1ccccc1)(c1ccccc1)C(C)(C)C)NC. The normalized spacial score (nSPS) is 15.2. The molecule has 0 bridgehead atoms. The van der Waals surface area contributed by atoms with Gasteiger partial charge in [-0.25, -0.2) is 0 Å². The molecular weight excluding hydrogens is 438 g/mol. The molecule has 1 N–H and O–H groups in total. The van der Waals surface area contributed by atoms with Crippen molar-refractivity contribution in [1.82, 2.24) is 5.32 Å². The highest BCUT2D eigenvalue weighted by Gasteiger charge is 2.50. The lowest BCUT2D eigenvalue weighted by Crippen LogP contribution is -2.67. The minimum Gasteiger partial charge on any atom is -0.409 e. The highest BCUT2D eigenvalue weighted by molar-refractivity contribution is 6.99. The highest BCUT2D eigenvalue weighted by Crippen LogP contribution is 2.39. The number of hydrogen-bond acceptors (Lipinski definition) is 3. The second-order valence-corrected chi connectivity index (χ2v) is 20.5. The topological polar surface area (TPSA) is 30.5 Å². The maximum Gasteiger partial charge on any atom is 0.261 e. The van der Waals surface area contributed by atoms with Crippen LogP contribution >= 0.6 is 0 Å². The Morgan fingerprint density at radius 3 is 1.64 bits per heavy atom. The maximum atomic E-state index is 7.17. The molecule has 0 aliphatic carbocycles. The Labute approximate surface area is 204 Å². The van der Waals surface area contributed by atoms with E-state index in [2.05, 4.69) is 127 Å². The van der Waals surface area contributed by atoms with E-state index in [-0.39, 0.29) is 22.2 Å². The van der Waals surface area contributed by atoms with Crippen LogP contribution in [-0.2, 0) is 8.85 Å². The van der Waals surface area contributed by atoms with Crippen LogP contribution in [0.3, 0.4) is 0 Å². The van der Waals surface area contributed by atoms with Crippen LogP contribution in [0.4, 0.5) is 0 Å². The van der Waals surface area contributed by atoms with Gasteiger partial charge in [0.25, 0.3) is 8.32 Å². The summed E-state index contributed by atoms with van der Waals surface area (Å²) in [6.07, 6.45) is 1.82. The third-order valence-corrected chi connectivity index (χ3v) is 16.6. The summed E-state index contributed by atoms with van der Waals surface area (Å²) in [6.45, 7) is 23.0. The van der Waals surface area contributed by atoms with E-state index >= 15 is 0 Å². The zero-order chi connectivity index (χ0) is 24.9. The first kappa shape index (κ1) is 27.7. The quantitative estimate of drug-likeness (QED) is 0.346. The molecule has 0 aliphatic heterocycles. The molecule has 0 heterocycles. The Balaban J connectivity index is 2.47. The molecule has 2 rings (SSSR count).